The lowest BCUT2D eigenvalue weighted by Gasteiger charge is -2.31. The zero-order valence-corrected chi connectivity index (χ0v) is 15.2. The Kier molecular flexibility index (Phi) is 3.84. The normalized spacial score (nSPS) is 12.4. The number of anilines is 3. The fraction of sp³-hybridized carbons (Fsp3) is 0. The quantitative estimate of drug-likeness (QED) is 0.407. The molecule has 4 aromatic rings. The van der Waals surface area contributed by atoms with Crippen molar-refractivity contribution in [2.75, 3.05) is 10.2 Å². The number of fused-ring (bicyclic) bond motifs is 3. The van der Waals surface area contributed by atoms with Gasteiger partial charge in [0.25, 0.3) is 0 Å². The van der Waals surface area contributed by atoms with E-state index < -0.39 is 0 Å². The summed E-state index contributed by atoms with van der Waals surface area (Å²) in [6.45, 7) is 0. The van der Waals surface area contributed by atoms with Crippen molar-refractivity contribution in [2.24, 2.45) is 0 Å². The summed E-state index contributed by atoms with van der Waals surface area (Å²) in [6.07, 6.45) is 0. The molecule has 3 nitrogen and oxygen atoms in total. The van der Waals surface area contributed by atoms with E-state index in [0.29, 0.717) is 0 Å². The molecule has 4 heteroatoms. The minimum atomic E-state index is -0.161. The van der Waals surface area contributed by atoms with Crippen molar-refractivity contribution in [2.45, 2.75) is 9.79 Å². The van der Waals surface area contributed by atoms with Gasteiger partial charge in [-0.15, -0.1) is 0 Å². The molecule has 0 bridgehead atoms. The minimum absolute atomic E-state index is 0.161. The second-order valence-corrected chi connectivity index (χ2v) is 7.41. The molecule has 0 radical (unpaired) electrons. The monoisotopic (exact) mass is 368 g/mol. The van der Waals surface area contributed by atoms with Gasteiger partial charge in [0.1, 0.15) is 0 Å². The highest BCUT2D eigenvalue weighted by Gasteiger charge is 2.28. The molecule has 1 N–H and O–H groups in total. The van der Waals surface area contributed by atoms with E-state index in [0.717, 1.165) is 37.6 Å². The van der Waals surface area contributed by atoms with Crippen molar-refractivity contribution in [3.05, 3.63) is 91.0 Å². The lowest BCUT2D eigenvalue weighted by Crippen LogP contribution is -2.32. The molecule has 0 unspecified atom stereocenters. The maximum Gasteiger partial charge on any atom is 0.331 e. The number of carbonyl (C=O) groups is 1. The zero-order chi connectivity index (χ0) is 18.2. The van der Waals surface area contributed by atoms with Gasteiger partial charge in [0.15, 0.2) is 0 Å². The molecule has 0 aromatic heterocycles. The van der Waals surface area contributed by atoms with Gasteiger partial charge >= 0.3 is 6.03 Å². The van der Waals surface area contributed by atoms with Crippen LogP contribution in [0.2, 0.25) is 0 Å². The van der Waals surface area contributed by atoms with E-state index in [4.69, 9.17) is 0 Å². The van der Waals surface area contributed by atoms with Gasteiger partial charge in [0, 0.05) is 15.2 Å². The molecule has 0 atom stereocenters. The molecule has 0 fully saturated rings. The fourth-order valence-corrected chi connectivity index (χ4v) is 4.49. The molecule has 0 saturated carbocycles. The number of amides is 2. The second kappa shape index (κ2) is 6.49. The van der Waals surface area contributed by atoms with E-state index in [-0.39, 0.29) is 6.03 Å². The molecule has 5 rings (SSSR count). The highest BCUT2D eigenvalue weighted by atomic mass is 32.2. The Morgan fingerprint density at radius 1 is 0.704 bits per heavy atom. The summed E-state index contributed by atoms with van der Waals surface area (Å²) in [6, 6.07) is 29.9. The number of nitrogens with zero attached hydrogens (tertiary/aromatic N) is 1. The first kappa shape index (κ1) is 16.0. The van der Waals surface area contributed by atoms with Crippen molar-refractivity contribution < 1.29 is 4.79 Å². The maximum absolute atomic E-state index is 13.3. The molecule has 1 aliphatic heterocycles. The summed E-state index contributed by atoms with van der Waals surface area (Å²) < 4.78 is 0. The molecule has 0 aliphatic carbocycles. The third kappa shape index (κ3) is 2.75. The molecule has 0 spiro atoms. The Morgan fingerprint density at radius 2 is 1.30 bits per heavy atom. The van der Waals surface area contributed by atoms with Crippen LogP contribution in [0.15, 0.2) is 101 Å². The second-order valence-electron chi connectivity index (χ2n) is 6.33. The minimum Gasteiger partial charge on any atom is -0.307 e. The van der Waals surface area contributed by atoms with Crippen LogP contribution in [0.3, 0.4) is 0 Å². The van der Waals surface area contributed by atoms with Crippen molar-refractivity contribution >= 4 is 45.6 Å². The van der Waals surface area contributed by atoms with E-state index in [1.807, 2.05) is 91.0 Å². The summed E-state index contributed by atoms with van der Waals surface area (Å²) in [5, 5.41) is 5.25. The lowest BCUT2D eigenvalue weighted by atomic mass is 10.1. The van der Waals surface area contributed by atoms with Crippen LogP contribution in [0.1, 0.15) is 0 Å². The third-order valence-electron chi connectivity index (χ3n) is 4.67. The van der Waals surface area contributed by atoms with E-state index in [1.54, 1.807) is 16.7 Å². The first-order chi connectivity index (χ1) is 13.3. The van der Waals surface area contributed by atoms with Crippen LogP contribution < -0.4 is 10.2 Å². The number of hydrogen-bond donors (Lipinski definition) is 1. The van der Waals surface area contributed by atoms with Crippen LogP contribution in [-0.4, -0.2) is 6.03 Å². The molecule has 130 valence electrons. The van der Waals surface area contributed by atoms with E-state index >= 15 is 0 Å². The topological polar surface area (TPSA) is 32.3 Å². The van der Waals surface area contributed by atoms with Crippen molar-refractivity contribution in [3.8, 4) is 0 Å². The van der Waals surface area contributed by atoms with Gasteiger partial charge in [0.2, 0.25) is 0 Å². The highest BCUT2D eigenvalue weighted by molar-refractivity contribution is 7.99. The van der Waals surface area contributed by atoms with Crippen LogP contribution in [0.5, 0.6) is 0 Å². The zero-order valence-electron chi connectivity index (χ0n) is 14.4. The van der Waals surface area contributed by atoms with Crippen molar-refractivity contribution in [1.82, 2.24) is 0 Å². The smallest absolute Gasteiger partial charge is 0.307 e. The molecular formula is C23H16N2OS. The molecule has 0 saturated heterocycles. The Hall–Kier alpha value is -3.24. The number of carbonyl (C=O) groups excluding carboxylic acids is 1. The van der Waals surface area contributed by atoms with Gasteiger partial charge in [0.05, 0.1) is 17.1 Å². The standard InChI is InChI=1S/C23H16N2OS/c26-23(24-18-11-7-9-16-8-1-2-10-17(16)18)25-19-12-3-5-14-21(19)27-22-15-6-4-13-20(22)25/h1-15H,(H,24,26). The van der Waals surface area contributed by atoms with E-state index in [1.165, 1.54) is 0 Å². The molecule has 2 amide bonds. The van der Waals surface area contributed by atoms with Gasteiger partial charge < -0.3 is 5.32 Å². The van der Waals surface area contributed by atoms with Gasteiger partial charge in [-0.05, 0) is 35.7 Å². The number of rotatable bonds is 1. The molecule has 1 heterocycles. The number of nitrogens with one attached hydrogen (secondary N) is 1. The predicted molar refractivity (Wildman–Crippen MR) is 112 cm³/mol. The van der Waals surface area contributed by atoms with Crippen LogP contribution in [-0.2, 0) is 0 Å². The lowest BCUT2D eigenvalue weighted by molar-refractivity contribution is 0.259. The largest absolute Gasteiger partial charge is 0.331 e. The average Bonchev–Trinajstić information content (AvgIpc) is 2.72. The molecular weight excluding hydrogens is 352 g/mol. The van der Waals surface area contributed by atoms with E-state index in [2.05, 4.69) is 5.32 Å². The van der Waals surface area contributed by atoms with Crippen LogP contribution >= 0.6 is 11.8 Å². The van der Waals surface area contributed by atoms with E-state index in [9.17, 15) is 4.79 Å². The van der Waals surface area contributed by atoms with Crippen LogP contribution in [0.25, 0.3) is 10.8 Å². The Morgan fingerprint density at radius 3 is 2.04 bits per heavy atom. The van der Waals surface area contributed by atoms with Gasteiger partial charge in [-0.1, -0.05) is 72.4 Å². The summed E-state index contributed by atoms with van der Waals surface area (Å²) in [5.41, 5.74) is 2.61. The highest BCUT2D eigenvalue weighted by Crippen LogP contribution is 2.48. The van der Waals surface area contributed by atoms with Crippen LogP contribution in [0.4, 0.5) is 21.9 Å². The van der Waals surface area contributed by atoms with Crippen LogP contribution in [0, 0.1) is 0 Å². The molecule has 1 aliphatic rings. The number of hydrogen-bond acceptors (Lipinski definition) is 2. The third-order valence-corrected chi connectivity index (χ3v) is 5.80. The summed E-state index contributed by atoms with van der Waals surface area (Å²) in [7, 11) is 0. The first-order valence-corrected chi connectivity index (χ1v) is 9.58. The Balaban J connectivity index is 1.59. The maximum atomic E-state index is 13.3. The van der Waals surface area contributed by atoms with Gasteiger partial charge in [-0.3, -0.25) is 4.90 Å². The molecule has 27 heavy (non-hydrogen) atoms. The first-order valence-electron chi connectivity index (χ1n) is 8.76. The van der Waals surface area contributed by atoms with Crippen molar-refractivity contribution in [3.63, 3.8) is 0 Å². The van der Waals surface area contributed by atoms with Crippen molar-refractivity contribution in [1.29, 1.82) is 0 Å². The SMILES string of the molecule is O=C(Nc1cccc2ccccc12)N1c2ccccc2Sc2ccccc21. The van der Waals surface area contributed by atoms with Gasteiger partial charge in [-0.25, -0.2) is 4.79 Å². The predicted octanol–water partition coefficient (Wildman–Crippen LogP) is 6.67. The Bertz CT molecular complexity index is 1120. The average molecular weight is 368 g/mol. The fourth-order valence-electron chi connectivity index (χ4n) is 3.43. The number of benzene rings is 4. The summed E-state index contributed by atoms with van der Waals surface area (Å²) >= 11 is 1.69. The number of para-hydroxylation sites is 2. The summed E-state index contributed by atoms with van der Waals surface area (Å²) in [5.74, 6) is 0. The molecule has 4 aromatic carbocycles. The summed E-state index contributed by atoms with van der Waals surface area (Å²) in [4.78, 5) is 17.3. The van der Waals surface area contributed by atoms with Gasteiger partial charge in [-0.2, -0.15) is 0 Å². The Labute approximate surface area is 161 Å². The number of urea groups is 1.